The number of ether oxygens (including phenoxy) is 2. The Morgan fingerprint density at radius 3 is 2.82 bits per heavy atom. The van der Waals surface area contributed by atoms with Crippen LogP contribution in [0.4, 0.5) is 9.52 Å². The summed E-state index contributed by atoms with van der Waals surface area (Å²) in [4.78, 5) is 2.32. The standard InChI is InChI=1S/C21H20FN3O2S/c22-15-8-6-14(7-9-15)13-19-23-24-21(28-19)25-10-2-4-17(25)16-3-1-5-18-20(16)27-12-11-26-18/h1,3,5-9,17H,2,4,10-13H2. The highest BCUT2D eigenvalue weighted by Gasteiger charge is 2.32. The topological polar surface area (TPSA) is 47.5 Å². The van der Waals surface area contributed by atoms with Gasteiger partial charge in [-0.3, -0.25) is 0 Å². The summed E-state index contributed by atoms with van der Waals surface area (Å²) in [6, 6.07) is 12.9. The number of fused-ring (bicyclic) bond motifs is 1. The summed E-state index contributed by atoms with van der Waals surface area (Å²) < 4.78 is 24.8. The quantitative estimate of drug-likeness (QED) is 0.654. The Hall–Kier alpha value is -2.67. The lowest BCUT2D eigenvalue weighted by Crippen LogP contribution is -2.24. The Labute approximate surface area is 166 Å². The molecule has 1 atom stereocenters. The van der Waals surface area contributed by atoms with Crippen LogP contribution in [0.25, 0.3) is 0 Å². The minimum atomic E-state index is -0.223. The van der Waals surface area contributed by atoms with Gasteiger partial charge in [0.15, 0.2) is 11.5 Å². The van der Waals surface area contributed by atoms with Crippen molar-refractivity contribution in [1.82, 2.24) is 10.2 Å². The fraction of sp³-hybridized carbons (Fsp3) is 0.333. The van der Waals surface area contributed by atoms with Crippen LogP contribution in [0.2, 0.25) is 0 Å². The molecule has 5 nitrogen and oxygen atoms in total. The molecule has 0 amide bonds. The maximum atomic E-state index is 13.1. The highest BCUT2D eigenvalue weighted by molar-refractivity contribution is 7.15. The fourth-order valence-electron chi connectivity index (χ4n) is 3.89. The van der Waals surface area contributed by atoms with E-state index in [0.717, 1.165) is 52.2 Å². The summed E-state index contributed by atoms with van der Waals surface area (Å²) in [5, 5.41) is 10.7. The van der Waals surface area contributed by atoms with Crippen LogP contribution in [0.3, 0.4) is 0 Å². The molecule has 28 heavy (non-hydrogen) atoms. The van der Waals surface area contributed by atoms with E-state index >= 15 is 0 Å². The van der Waals surface area contributed by atoms with Crippen LogP contribution in [-0.4, -0.2) is 30.0 Å². The molecule has 1 aromatic heterocycles. The highest BCUT2D eigenvalue weighted by Crippen LogP contribution is 2.44. The van der Waals surface area contributed by atoms with Gasteiger partial charge in [0, 0.05) is 18.5 Å². The number of halogens is 1. The van der Waals surface area contributed by atoms with Crippen LogP contribution >= 0.6 is 11.3 Å². The van der Waals surface area contributed by atoms with E-state index in [4.69, 9.17) is 9.47 Å². The molecule has 0 spiro atoms. The molecule has 1 saturated heterocycles. The zero-order chi connectivity index (χ0) is 18.9. The maximum absolute atomic E-state index is 13.1. The predicted octanol–water partition coefficient (Wildman–Crippen LogP) is 4.38. The van der Waals surface area contributed by atoms with E-state index in [1.807, 2.05) is 12.1 Å². The molecule has 0 aliphatic carbocycles. The van der Waals surface area contributed by atoms with Gasteiger partial charge in [0.25, 0.3) is 0 Å². The Morgan fingerprint density at radius 2 is 1.93 bits per heavy atom. The van der Waals surface area contributed by atoms with Gasteiger partial charge in [0.05, 0.1) is 6.04 Å². The van der Waals surface area contributed by atoms with Crippen molar-refractivity contribution in [1.29, 1.82) is 0 Å². The lowest BCUT2D eigenvalue weighted by Gasteiger charge is -2.28. The second-order valence-corrected chi connectivity index (χ2v) is 8.04. The van der Waals surface area contributed by atoms with Gasteiger partial charge in [0.1, 0.15) is 24.0 Å². The van der Waals surface area contributed by atoms with E-state index in [2.05, 4.69) is 21.2 Å². The lowest BCUT2D eigenvalue weighted by molar-refractivity contribution is 0.169. The Morgan fingerprint density at radius 1 is 1.07 bits per heavy atom. The van der Waals surface area contributed by atoms with Crippen molar-refractivity contribution in [2.45, 2.75) is 25.3 Å². The van der Waals surface area contributed by atoms with Crippen molar-refractivity contribution < 1.29 is 13.9 Å². The van der Waals surface area contributed by atoms with Crippen molar-refractivity contribution in [2.24, 2.45) is 0 Å². The summed E-state index contributed by atoms with van der Waals surface area (Å²) in [6.45, 7) is 2.12. The molecule has 0 N–H and O–H groups in total. The largest absolute Gasteiger partial charge is 0.486 e. The zero-order valence-corrected chi connectivity index (χ0v) is 16.1. The van der Waals surface area contributed by atoms with Gasteiger partial charge >= 0.3 is 0 Å². The number of aromatic nitrogens is 2. The van der Waals surface area contributed by atoms with E-state index in [-0.39, 0.29) is 11.9 Å². The number of hydrogen-bond acceptors (Lipinski definition) is 6. The molecule has 1 unspecified atom stereocenters. The molecule has 5 rings (SSSR count). The number of benzene rings is 2. The maximum Gasteiger partial charge on any atom is 0.208 e. The molecule has 2 aliphatic rings. The summed E-state index contributed by atoms with van der Waals surface area (Å²) in [5.41, 5.74) is 2.19. The molecule has 3 aromatic rings. The first-order valence-corrected chi connectivity index (χ1v) is 10.3. The van der Waals surface area contributed by atoms with Crippen molar-refractivity contribution in [3.63, 3.8) is 0 Å². The SMILES string of the molecule is Fc1ccc(Cc2nnc(N3CCCC3c3cccc4c3OCCO4)s2)cc1. The summed E-state index contributed by atoms with van der Waals surface area (Å²) in [5.74, 6) is 1.46. The first-order chi connectivity index (χ1) is 13.8. The second-order valence-electron chi connectivity index (χ2n) is 7.00. The summed E-state index contributed by atoms with van der Waals surface area (Å²) in [6.07, 6.45) is 2.81. The van der Waals surface area contributed by atoms with Crippen LogP contribution in [0.1, 0.15) is 35.0 Å². The minimum absolute atomic E-state index is 0.211. The van der Waals surface area contributed by atoms with Crippen molar-refractivity contribution >= 4 is 16.5 Å². The van der Waals surface area contributed by atoms with Crippen LogP contribution in [0.15, 0.2) is 42.5 Å². The molecule has 0 saturated carbocycles. The Bertz CT molecular complexity index is 976. The van der Waals surface area contributed by atoms with E-state index in [9.17, 15) is 4.39 Å². The van der Waals surface area contributed by atoms with Crippen LogP contribution < -0.4 is 14.4 Å². The molecule has 7 heteroatoms. The van der Waals surface area contributed by atoms with Crippen LogP contribution in [-0.2, 0) is 6.42 Å². The number of hydrogen-bond donors (Lipinski definition) is 0. The van der Waals surface area contributed by atoms with E-state index < -0.39 is 0 Å². The normalized spacial score (nSPS) is 18.5. The number of rotatable bonds is 4. The molecule has 2 aromatic carbocycles. The number of nitrogens with zero attached hydrogens (tertiary/aromatic N) is 3. The van der Waals surface area contributed by atoms with Gasteiger partial charge in [-0.05, 0) is 36.6 Å². The fourth-order valence-corrected chi connectivity index (χ4v) is 4.84. The third-order valence-corrected chi connectivity index (χ3v) is 6.14. The first kappa shape index (κ1) is 17.4. The van der Waals surface area contributed by atoms with Crippen molar-refractivity contribution in [3.05, 3.63) is 64.4 Å². The first-order valence-electron chi connectivity index (χ1n) is 9.50. The molecule has 0 bridgehead atoms. The van der Waals surface area contributed by atoms with Crippen LogP contribution in [0, 0.1) is 5.82 Å². The molecular formula is C21H20FN3O2S. The number of anilines is 1. The zero-order valence-electron chi connectivity index (χ0n) is 15.3. The summed E-state index contributed by atoms with van der Waals surface area (Å²) >= 11 is 1.60. The monoisotopic (exact) mass is 397 g/mol. The number of para-hydroxylation sites is 1. The average Bonchev–Trinajstić information content (AvgIpc) is 3.38. The van der Waals surface area contributed by atoms with Gasteiger partial charge in [-0.15, -0.1) is 10.2 Å². The minimum Gasteiger partial charge on any atom is -0.486 e. The molecule has 1 fully saturated rings. The summed E-state index contributed by atoms with van der Waals surface area (Å²) in [7, 11) is 0. The molecule has 0 radical (unpaired) electrons. The van der Waals surface area contributed by atoms with E-state index in [1.165, 1.54) is 12.1 Å². The molecule has 2 aliphatic heterocycles. The smallest absolute Gasteiger partial charge is 0.208 e. The van der Waals surface area contributed by atoms with Crippen molar-refractivity contribution in [2.75, 3.05) is 24.7 Å². The molecular weight excluding hydrogens is 377 g/mol. The third-order valence-electron chi connectivity index (χ3n) is 5.18. The second kappa shape index (κ2) is 7.39. The van der Waals surface area contributed by atoms with E-state index in [1.54, 1.807) is 23.5 Å². The van der Waals surface area contributed by atoms with Gasteiger partial charge in [-0.25, -0.2) is 4.39 Å². The van der Waals surface area contributed by atoms with Gasteiger partial charge in [0.2, 0.25) is 5.13 Å². The molecule has 144 valence electrons. The van der Waals surface area contributed by atoms with Gasteiger partial charge < -0.3 is 14.4 Å². The average molecular weight is 397 g/mol. The third kappa shape index (κ3) is 3.30. The predicted molar refractivity (Wildman–Crippen MR) is 106 cm³/mol. The van der Waals surface area contributed by atoms with Crippen LogP contribution in [0.5, 0.6) is 11.5 Å². The molecule has 3 heterocycles. The van der Waals surface area contributed by atoms with Gasteiger partial charge in [-0.1, -0.05) is 35.6 Å². The Kier molecular flexibility index (Phi) is 4.60. The Balaban J connectivity index is 1.39. The lowest BCUT2D eigenvalue weighted by atomic mass is 10.0. The highest BCUT2D eigenvalue weighted by atomic mass is 32.1. The van der Waals surface area contributed by atoms with Gasteiger partial charge in [-0.2, -0.15) is 0 Å². The van der Waals surface area contributed by atoms with Crippen molar-refractivity contribution in [3.8, 4) is 11.5 Å². The van der Waals surface area contributed by atoms with E-state index in [0.29, 0.717) is 19.6 Å².